The minimum absolute atomic E-state index is 0.290. The molecule has 4 aromatic rings. The number of pyridine rings is 1. The maximum atomic E-state index is 4.85. The van der Waals surface area contributed by atoms with Crippen LogP contribution >= 0.6 is 15.9 Å². The third kappa shape index (κ3) is 10.7. The van der Waals surface area contributed by atoms with Crippen molar-refractivity contribution in [2.75, 3.05) is 32.7 Å². The van der Waals surface area contributed by atoms with Crippen molar-refractivity contribution in [2.45, 2.75) is 59.2 Å². The molecule has 1 aliphatic heterocycles. The smallest absolute Gasteiger partial charge is 0.0945 e. The number of hydrogen-bond donors (Lipinski definition) is 1. The molecule has 1 atom stereocenters. The van der Waals surface area contributed by atoms with Crippen molar-refractivity contribution >= 4 is 15.9 Å². The predicted octanol–water partition coefficient (Wildman–Crippen LogP) is 7.44. The van der Waals surface area contributed by atoms with Crippen LogP contribution in [0.25, 0.3) is 0 Å². The molecule has 6 rings (SSSR count). The Morgan fingerprint density at radius 1 is 1.04 bits per heavy atom. The fraction of sp³-hybridized carbons (Fsp3) is 0.368. The zero-order chi connectivity index (χ0) is 32.4. The summed E-state index contributed by atoms with van der Waals surface area (Å²) in [6, 6.07) is 20.0. The second kappa shape index (κ2) is 19.6. The van der Waals surface area contributed by atoms with E-state index in [0.29, 0.717) is 6.04 Å². The Morgan fingerprint density at radius 2 is 1.78 bits per heavy atom. The van der Waals surface area contributed by atoms with E-state index in [9.17, 15) is 0 Å². The van der Waals surface area contributed by atoms with Gasteiger partial charge in [-0.25, -0.2) is 4.98 Å². The fourth-order valence-corrected chi connectivity index (χ4v) is 6.19. The number of nitrogens with zero attached hydrogens (tertiary/aromatic N) is 5. The number of hydrogen-bond acceptors (Lipinski definition) is 5. The van der Waals surface area contributed by atoms with Crippen molar-refractivity contribution in [1.82, 2.24) is 29.7 Å². The molecule has 1 saturated heterocycles. The van der Waals surface area contributed by atoms with Crippen LogP contribution in [0.4, 0.5) is 0 Å². The van der Waals surface area contributed by atoms with Gasteiger partial charge in [0.2, 0.25) is 0 Å². The number of halogens is 1. The Hall–Kier alpha value is -3.70. The number of aromatic nitrogens is 3. The Balaban J connectivity index is 0.000000227. The van der Waals surface area contributed by atoms with E-state index < -0.39 is 0 Å². The summed E-state index contributed by atoms with van der Waals surface area (Å²) >= 11 is 3.59. The highest BCUT2D eigenvalue weighted by atomic mass is 79.9. The van der Waals surface area contributed by atoms with E-state index in [1.807, 2.05) is 51.0 Å². The highest BCUT2D eigenvalue weighted by Gasteiger charge is 2.30. The van der Waals surface area contributed by atoms with Crippen molar-refractivity contribution in [2.24, 2.45) is 0 Å². The van der Waals surface area contributed by atoms with Crippen LogP contribution in [0.15, 0.2) is 96.8 Å². The second-order valence-corrected chi connectivity index (χ2v) is 11.8. The molecule has 2 aromatic heterocycles. The van der Waals surface area contributed by atoms with Gasteiger partial charge in [-0.2, -0.15) is 0 Å². The first-order chi connectivity index (χ1) is 22.1. The second-order valence-electron chi connectivity index (χ2n) is 10.9. The van der Waals surface area contributed by atoms with E-state index in [1.165, 1.54) is 33.5 Å². The van der Waals surface area contributed by atoms with Gasteiger partial charge in [0.05, 0.1) is 18.1 Å². The predicted molar refractivity (Wildman–Crippen MR) is 192 cm³/mol. The van der Waals surface area contributed by atoms with Crippen molar-refractivity contribution in [3.63, 3.8) is 0 Å². The molecule has 2 aromatic carbocycles. The SMILES string of the molecule is C#C.C=CN(CCCn1ccnc1)Cc1ccccc1.CC.Cc1ccc2c(c1)CCc1cc(Br)cnc1[C@@H]2N1CCNCC1. The molecule has 1 fully saturated rings. The van der Waals surface area contributed by atoms with Gasteiger partial charge in [-0.05, 0) is 76.6 Å². The van der Waals surface area contributed by atoms with E-state index in [1.54, 1.807) is 0 Å². The maximum absolute atomic E-state index is 4.85. The standard InChI is InChI=1S/C19H22BrN3.C15H19N3.C2H6.C2H2/c1-13-2-5-17-14(10-13)3-4-15-11-16(20)12-22-18(15)19(17)23-8-6-21-7-9-23;1-2-17(13-15-7-4-3-5-8-15)10-6-11-18-12-9-16-14-18;2*1-2/h2,5,10-12,19,21H,3-4,6-9H2,1H3;2-5,7-9,12,14H,1,6,10-11,13H2;1-2H3;1-2H/t19-;;;/m1.../s1. The molecule has 3 heterocycles. The Labute approximate surface area is 279 Å². The average molecular weight is 670 g/mol. The van der Waals surface area contributed by atoms with Crippen LogP contribution in [0, 0.1) is 19.8 Å². The van der Waals surface area contributed by atoms with Gasteiger partial charge in [-0.1, -0.05) is 74.5 Å². The van der Waals surface area contributed by atoms with Gasteiger partial charge in [0.25, 0.3) is 0 Å². The van der Waals surface area contributed by atoms with E-state index in [-0.39, 0.29) is 0 Å². The van der Waals surface area contributed by atoms with Crippen molar-refractivity contribution in [3.8, 4) is 12.8 Å². The minimum Gasteiger partial charge on any atom is -0.374 e. The van der Waals surface area contributed by atoms with Crippen molar-refractivity contribution in [1.29, 1.82) is 0 Å². The van der Waals surface area contributed by atoms with E-state index >= 15 is 0 Å². The molecule has 1 N–H and O–H groups in total. The zero-order valence-electron chi connectivity index (χ0n) is 27.2. The first-order valence-corrected chi connectivity index (χ1v) is 16.8. The van der Waals surface area contributed by atoms with Crippen LogP contribution in [-0.2, 0) is 25.9 Å². The van der Waals surface area contributed by atoms with E-state index in [4.69, 9.17) is 4.98 Å². The summed E-state index contributed by atoms with van der Waals surface area (Å²) in [5, 5.41) is 3.47. The summed E-state index contributed by atoms with van der Waals surface area (Å²) in [6.07, 6.45) is 20.8. The molecule has 45 heavy (non-hydrogen) atoms. The van der Waals surface area contributed by atoms with E-state index in [0.717, 1.165) is 69.5 Å². The van der Waals surface area contributed by atoms with Crippen LogP contribution in [0.5, 0.6) is 0 Å². The van der Waals surface area contributed by atoms with Crippen molar-refractivity contribution < 1.29 is 0 Å². The van der Waals surface area contributed by atoms with Gasteiger partial charge in [-0.15, -0.1) is 12.8 Å². The monoisotopic (exact) mass is 668 g/mol. The van der Waals surface area contributed by atoms with Crippen LogP contribution in [0.1, 0.15) is 59.8 Å². The van der Waals surface area contributed by atoms with Gasteiger partial charge in [0.15, 0.2) is 0 Å². The normalized spacial score (nSPS) is 15.2. The lowest BCUT2D eigenvalue weighted by Gasteiger charge is -2.35. The lowest BCUT2D eigenvalue weighted by molar-refractivity contribution is 0.195. The summed E-state index contributed by atoms with van der Waals surface area (Å²) in [7, 11) is 0. The van der Waals surface area contributed by atoms with Gasteiger partial charge < -0.3 is 14.8 Å². The molecule has 2 aliphatic rings. The number of piperazine rings is 1. The van der Waals surface area contributed by atoms with Crippen molar-refractivity contribution in [3.05, 3.63) is 130 Å². The maximum Gasteiger partial charge on any atom is 0.0945 e. The number of nitrogens with one attached hydrogen (secondary N) is 1. The Morgan fingerprint density at radius 3 is 2.47 bits per heavy atom. The van der Waals surface area contributed by atoms with Gasteiger partial charge in [-0.3, -0.25) is 9.88 Å². The summed E-state index contributed by atoms with van der Waals surface area (Å²) in [5.41, 5.74) is 8.24. The summed E-state index contributed by atoms with van der Waals surface area (Å²) in [4.78, 5) is 13.7. The molecule has 7 heteroatoms. The molecule has 0 amide bonds. The molecule has 0 spiro atoms. The number of terminal acetylenes is 1. The molecule has 0 bridgehead atoms. The van der Waals surface area contributed by atoms with Crippen LogP contribution < -0.4 is 5.32 Å². The molecule has 1 aliphatic carbocycles. The lowest BCUT2D eigenvalue weighted by atomic mass is 9.95. The number of benzene rings is 2. The number of fused-ring (bicyclic) bond motifs is 2. The third-order valence-corrected chi connectivity index (χ3v) is 8.34. The summed E-state index contributed by atoms with van der Waals surface area (Å²) < 4.78 is 3.18. The number of aryl methyl sites for hydroxylation is 4. The summed E-state index contributed by atoms with van der Waals surface area (Å²) in [6.45, 7) is 17.3. The fourth-order valence-electron chi connectivity index (χ4n) is 5.81. The Kier molecular flexibility index (Phi) is 15.6. The van der Waals surface area contributed by atoms with Gasteiger partial charge >= 0.3 is 0 Å². The highest BCUT2D eigenvalue weighted by molar-refractivity contribution is 9.10. The minimum atomic E-state index is 0.290. The van der Waals surface area contributed by atoms with Crippen LogP contribution in [0.2, 0.25) is 0 Å². The zero-order valence-corrected chi connectivity index (χ0v) is 28.8. The molecule has 0 saturated carbocycles. The highest BCUT2D eigenvalue weighted by Crippen LogP contribution is 2.37. The largest absolute Gasteiger partial charge is 0.374 e. The molecular formula is C38H49BrN6. The number of rotatable bonds is 8. The molecule has 238 valence electrons. The number of imidazole rings is 1. The third-order valence-electron chi connectivity index (χ3n) is 7.91. The molecule has 6 nitrogen and oxygen atoms in total. The lowest BCUT2D eigenvalue weighted by Crippen LogP contribution is -2.45. The topological polar surface area (TPSA) is 49.2 Å². The first-order valence-electron chi connectivity index (χ1n) is 16.0. The van der Waals surface area contributed by atoms with Gasteiger partial charge in [0.1, 0.15) is 0 Å². The van der Waals surface area contributed by atoms with E-state index in [2.05, 4.69) is 115 Å². The van der Waals surface area contributed by atoms with Crippen LogP contribution in [0.3, 0.4) is 0 Å². The Bertz CT molecular complexity index is 1370. The van der Waals surface area contributed by atoms with Crippen LogP contribution in [-0.4, -0.2) is 57.1 Å². The summed E-state index contributed by atoms with van der Waals surface area (Å²) in [5.74, 6) is 0. The average Bonchev–Trinajstić information content (AvgIpc) is 3.56. The first kappa shape index (κ1) is 35.8. The van der Waals surface area contributed by atoms with Gasteiger partial charge in [0, 0.05) is 68.9 Å². The molecule has 0 unspecified atom stereocenters. The molecule has 0 radical (unpaired) electrons. The quantitative estimate of drug-likeness (QED) is 0.198. The molecular weight excluding hydrogens is 620 g/mol.